The van der Waals surface area contributed by atoms with Crippen molar-refractivity contribution in [3.05, 3.63) is 65.0 Å². The van der Waals surface area contributed by atoms with E-state index < -0.39 is 5.41 Å². The maximum atomic E-state index is 13.1. The molecule has 1 aliphatic rings. The third-order valence-electron chi connectivity index (χ3n) is 4.72. The molecular formula is C20H22FN3O2. The summed E-state index contributed by atoms with van der Waals surface area (Å²) in [7, 11) is 0. The van der Waals surface area contributed by atoms with Crippen molar-refractivity contribution in [2.75, 3.05) is 11.9 Å². The van der Waals surface area contributed by atoms with Crippen molar-refractivity contribution in [1.82, 2.24) is 10.9 Å². The maximum absolute atomic E-state index is 13.1. The molecule has 2 aromatic rings. The first-order valence-electron chi connectivity index (χ1n) is 8.57. The molecule has 0 atom stereocenters. The van der Waals surface area contributed by atoms with Crippen molar-refractivity contribution < 1.29 is 14.0 Å². The van der Waals surface area contributed by atoms with E-state index in [0.29, 0.717) is 12.8 Å². The van der Waals surface area contributed by atoms with E-state index in [2.05, 4.69) is 16.2 Å². The van der Waals surface area contributed by atoms with E-state index in [1.54, 1.807) is 12.1 Å². The third-order valence-corrected chi connectivity index (χ3v) is 4.72. The molecule has 0 unspecified atom stereocenters. The van der Waals surface area contributed by atoms with Crippen LogP contribution in [0.25, 0.3) is 0 Å². The van der Waals surface area contributed by atoms with E-state index in [-0.39, 0.29) is 24.2 Å². The minimum Gasteiger partial charge on any atom is -0.376 e. The van der Waals surface area contributed by atoms with Gasteiger partial charge in [0, 0.05) is 5.69 Å². The van der Waals surface area contributed by atoms with E-state index in [9.17, 15) is 14.0 Å². The first-order chi connectivity index (χ1) is 12.4. The zero-order chi connectivity index (χ0) is 18.7. The monoisotopic (exact) mass is 355 g/mol. The van der Waals surface area contributed by atoms with Gasteiger partial charge >= 0.3 is 0 Å². The normalized spacial score (nSPS) is 14.4. The van der Waals surface area contributed by atoms with Gasteiger partial charge in [0.05, 0.1) is 12.0 Å². The van der Waals surface area contributed by atoms with Crippen molar-refractivity contribution in [2.45, 2.75) is 32.1 Å². The van der Waals surface area contributed by atoms with Crippen LogP contribution < -0.4 is 16.2 Å². The second kappa shape index (κ2) is 7.15. The van der Waals surface area contributed by atoms with Crippen molar-refractivity contribution in [3.8, 4) is 0 Å². The van der Waals surface area contributed by atoms with Crippen LogP contribution in [0.5, 0.6) is 0 Å². The van der Waals surface area contributed by atoms with E-state index in [4.69, 9.17) is 0 Å². The van der Waals surface area contributed by atoms with Gasteiger partial charge in [-0.1, -0.05) is 29.8 Å². The molecule has 3 rings (SSSR count). The van der Waals surface area contributed by atoms with Crippen LogP contribution in [0.1, 0.15) is 29.5 Å². The predicted molar refractivity (Wildman–Crippen MR) is 98.0 cm³/mol. The Morgan fingerprint density at radius 2 is 1.73 bits per heavy atom. The van der Waals surface area contributed by atoms with E-state index in [1.165, 1.54) is 12.1 Å². The van der Waals surface area contributed by atoms with Crippen molar-refractivity contribution in [2.24, 2.45) is 0 Å². The van der Waals surface area contributed by atoms with E-state index >= 15 is 0 Å². The number of amides is 2. The molecule has 136 valence electrons. The molecule has 6 heteroatoms. The first-order valence-corrected chi connectivity index (χ1v) is 8.57. The fourth-order valence-corrected chi connectivity index (χ4v) is 3.02. The van der Waals surface area contributed by atoms with Gasteiger partial charge in [0.2, 0.25) is 5.91 Å². The van der Waals surface area contributed by atoms with Crippen LogP contribution in [0.2, 0.25) is 0 Å². The quantitative estimate of drug-likeness (QED) is 0.723. The lowest BCUT2D eigenvalue weighted by molar-refractivity contribution is -0.129. The largest absolute Gasteiger partial charge is 0.376 e. The van der Waals surface area contributed by atoms with Gasteiger partial charge in [-0.25, -0.2) is 4.39 Å². The zero-order valence-corrected chi connectivity index (χ0v) is 14.9. The Morgan fingerprint density at radius 3 is 2.35 bits per heavy atom. The van der Waals surface area contributed by atoms with Gasteiger partial charge in [-0.3, -0.25) is 20.4 Å². The van der Waals surface area contributed by atoms with Crippen LogP contribution in [0.15, 0.2) is 42.5 Å². The lowest BCUT2D eigenvalue weighted by Crippen LogP contribution is -2.48. The summed E-state index contributed by atoms with van der Waals surface area (Å²) in [5.41, 5.74) is 8.10. The number of hydrazine groups is 1. The number of carbonyl (C=O) groups is 2. The summed E-state index contributed by atoms with van der Waals surface area (Å²) >= 11 is 0. The predicted octanol–water partition coefficient (Wildman–Crippen LogP) is 2.73. The summed E-state index contributed by atoms with van der Waals surface area (Å²) < 4.78 is 13.1. The Kier molecular flexibility index (Phi) is 4.93. The number of rotatable bonds is 5. The number of halogens is 1. The van der Waals surface area contributed by atoms with E-state index in [0.717, 1.165) is 22.4 Å². The molecular weight excluding hydrogens is 333 g/mol. The molecule has 1 aliphatic carbocycles. The smallest absolute Gasteiger partial charge is 0.257 e. The average molecular weight is 355 g/mol. The van der Waals surface area contributed by atoms with Crippen LogP contribution in [0.3, 0.4) is 0 Å². The van der Waals surface area contributed by atoms with Crippen LogP contribution in [0.4, 0.5) is 10.1 Å². The second-order valence-corrected chi connectivity index (χ2v) is 6.76. The Balaban J connectivity index is 1.51. The average Bonchev–Trinajstić information content (AvgIpc) is 3.41. The standard InChI is InChI=1S/C20H22FN3O2/c1-13-3-8-17(14(2)11-13)22-12-18(25)23-24-19(26)20(9-10-20)15-4-6-16(21)7-5-15/h3-8,11,22H,9-10,12H2,1-2H3,(H,23,25)(H,24,26). The van der Waals surface area contributed by atoms with Gasteiger partial charge in [0.15, 0.2) is 0 Å². The Hall–Kier alpha value is -2.89. The SMILES string of the molecule is Cc1ccc(NCC(=O)NNC(=O)C2(c3ccc(F)cc3)CC2)c(C)c1. The van der Waals surface area contributed by atoms with Crippen molar-refractivity contribution in [3.63, 3.8) is 0 Å². The number of benzene rings is 2. The molecule has 0 spiro atoms. The summed E-state index contributed by atoms with van der Waals surface area (Å²) in [6.07, 6.45) is 1.36. The number of hydrogen-bond acceptors (Lipinski definition) is 3. The molecule has 3 N–H and O–H groups in total. The van der Waals surface area contributed by atoms with Gasteiger partial charge in [-0.05, 0) is 56.0 Å². The van der Waals surface area contributed by atoms with Gasteiger partial charge < -0.3 is 5.32 Å². The molecule has 2 aromatic carbocycles. The number of nitrogens with one attached hydrogen (secondary N) is 3. The summed E-state index contributed by atoms with van der Waals surface area (Å²) in [5, 5.41) is 3.05. The van der Waals surface area contributed by atoms with Crippen LogP contribution >= 0.6 is 0 Å². The summed E-state index contributed by atoms with van der Waals surface area (Å²) in [5.74, 6) is -0.951. The Morgan fingerprint density at radius 1 is 1.04 bits per heavy atom. The van der Waals surface area contributed by atoms with Gasteiger partial charge in [0.25, 0.3) is 5.91 Å². The summed E-state index contributed by atoms with van der Waals surface area (Å²) in [6, 6.07) is 11.8. The molecule has 2 amide bonds. The maximum Gasteiger partial charge on any atom is 0.257 e. The first kappa shape index (κ1) is 17.9. The topological polar surface area (TPSA) is 70.2 Å². The number of aryl methyl sites for hydroxylation is 2. The minimum atomic E-state index is -0.665. The van der Waals surface area contributed by atoms with Gasteiger partial charge in [-0.2, -0.15) is 0 Å². The number of hydrogen-bond donors (Lipinski definition) is 3. The highest BCUT2D eigenvalue weighted by molar-refractivity contribution is 5.93. The Labute approximate surface area is 152 Å². The van der Waals surface area contributed by atoms with Crippen molar-refractivity contribution in [1.29, 1.82) is 0 Å². The zero-order valence-electron chi connectivity index (χ0n) is 14.9. The third kappa shape index (κ3) is 3.85. The lowest BCUT2D eigenvalue weighted by atomic mass is 9.95. The molecule has 1 saturated carbocycles. The molecule has 26 heavy (non-hydrogen) atoms. The highest BCUT2D eigenvalue weighted by Gasteiger charge is 2.51. The molecule has 5 nitrogen and oxygen atoms in total. The molecule has 0 radical (unpaired) electrons. The molecule has 0 aromatic heterocycles. The lowest BCUT2D eigenvalue weighted by Gasteiger charge is -2.16. The van der Waals surface area contributed by atoms with Crippen LogP contribution in [-0.4, -0.2) is 18.4 Å². The Bertz CT molecular complexity index is 829. The fraction of sp³-hybridized carbons (Fsp3) is 0.300. The fourth-order valence-electron chi connectivity index (χ4n) is 3.02. The van der Waals surface area contributed by atoms with Crippen LogP contribution in [-0.2, 0) is 15.0 Å². The molecule has 0 aliphatic heterocycles. The van der Waals surface area contributed by atoms with Crippen LogP contribution in [0, 0.1) is 19.7 Å². The highest BCUT2D eigenvalue weighted by Crippen LogP contribution is 2.48. The van der Waals surface area contributed by atoms with E-state index in [1.807, 2.05) is 32.0 Å². The molecule has 0 saturated heterocycles. The highest BCUT2D eigenvalue weighted by atomic mass is 19.1. The van der Waals surface area contributed by atoms with Gasteiger partial charge in [-0.15, -0.1) is 0 Å². The number of carbonyl (C=O) groups excluding carboxylic acids is 2. The van der Waals surface area contributed by atoms with Gasteiger partial charge in [0.1, 0.15) is 5.82 Å². The van der Waals surface area contributed by atoms with Crippen molar-refractivity contribution >= 4 is 17.5 Å². The summed E-state index contributed by atoms with van der Waals surface area (Å²) in [4.78, 5) is 24.4. The number of anilines is 1. The second-order valence-electron chi connectivity index (χ2n) is 6.76. The molecule has 0 heterocycles. The molecule has 0 bridgehead atoms. The molecule has 1 fully saturated rings. The minimum absolute atomic E-state index is 0.0493. The summed E-state index contributed by atoms with van der Waals surface area (Å²) in [6.45, 7) is 4.02.